The van der Waals surface area contributed by atoms with Crippen LogP contribution in [-0.2, 0) is 21.4 Å². The minimum atomic E-state index is -3.29. The molecule has 0 aromatic heterocycles. The Morgan fingerprint density at radius 3 is 2.27 bits per heavy atom. The summed E-state index contributed by atoms with van der Waals surface area (Å²) < 4.78 is 24.8. The van der Waals surface area contributed by atoms with Crippen molar-refractivity contribution in [2.45, 2.75) is 11.4 Å². The van der Waals surface area contributed by atoms with Gasteiger partial charge in [0.25, 0.3) is 0 Å². The lowest BCUT2D eigenvalue weighted by molar-refractivity contribution is -0.125. The molecule has 0 spiro atoms. The van der Waals surface area contributed by atoms with E-state index in [9.17, 15) is 13.2 Å². The van der Waals surface area contributed by atoms with Crippen LogP contribution in [0.5, 0.6) is 0 Å². The van der Waals surface area contributed by atoms with Crippen molar-refractivity contribution in [2.75, 3.05) is 24.3 Å². The molecule has 2 aromatic rings. The van der Waals surface area contributed by atoms with Crippen LogP contribution in [0.2, 0.25) is 0 Å². The molecule has 2 rings (SSSR count). The SMILES string of the molecule is CSc1ccc(CN(C)C(=O)/C=C/c2ccc(NS(C)(=O)=O)cc2)cc1. The lowest BCUT2D eigenvalue weighted by Gasteiger charge is -2.15. The second-order valence-electron chi connectivity index (χ2n) is 5.87. The smallest absolute Gasteiger partial charge is 0.246 e. The van der Waals surface area contributed by atoms with Gasteiger partial charge in [-0.05, 0) is 47.7 Å². The number of carbonyl (C=O) groups excluding carboxylic acids is 1. The molecule has 1 amide bonds. The van der Waals surface area contributed by atoms with E-state index in [1.165, 1.54) is 11.0 Å². The number of likely N-dealkylation sites (N-methyl/N-ethyl adjacent to an activating group) is 1. The number of nitrogens with zero attached hydrogens (tertiary/aromatic N) is 1. The van der Waals surface area contributed by atoms with Crippen LogP contribution in [-0.4, -0.2) is 38.8 Å². The molecule has 0 aliphatic heterocycles. The van der Waals surface area contributed by atoms with Gasteiger partial charge < -0.3 is 4.90 Å². The van der Waals surface area contributed by atoms with Crippen LogP contribution >= 0.6 is 11.8 Å². The Labute approximate surface area is 159 Å². The molecule has 0 heterocycles. The average molecular weight is 391 g/mol. The number of nitrogens with one attached hydrogen (secondary N) is 1. The summed E-state index contributed by atoms with van der Waals surface area (Å²) in [6, 6.07) is 14.9. The second kappa shape index (κ2) is 8.91. The van der Waals surface area contributed by atoms with Gasteiger partial charge in [0.15, 0.2) is 0 Å². The molecular formula is C19H22N2O3S2. The molecule has 0 unspecified atom stereocenters. The topological polar surface area (TPSA) is 66.5 Å². The highest BCUT2D eigenvalue weighted by Gasteiger charge is 2.06. The lowest BCUT2D eigenvalue weighted by Crippen LogP contribution is -2.24. The van der Waals surface area contributed by atoms with E-state index in [1.807, 2.05) is 30.5 Å². The monoisotopic (exact) mass is 390 g/mol. The fourth-order valence-corrected chi connectivity index (χ4v) is 3.23. The Bertz CT molecular complexity index is 874. The first kappa shape index (κ1) is 20.1. The van der Waals surface area contributed by atoms with Gasteiger partial charge in [0.2, 0.25) is 15.9 Å². The van der Waals surface area contributed by atoms with Gasteiger partial charge in [-0.3, -0.25) is 9.52 Å². The molecule has 0 atom stereocenters. The van der Waals surface area contributed by atoms with Gasteiger partial charge in [0.1, 0.15) is 0 Å². The molecule has 26 heavy (non-hydrogen) atoms. The zero-order valence-electron chi connectivity index (χ0n) is 15.0. The van der Waals surface area contributed by atoms with Crippen molar-refractivity contribution in [1.82, 2.24) is 4.90 Å². The first-order valence-corrected chi connectivity index (χ1v) is 11.0. The highest BCUT2D eigenvalue weighted by Crippen LogP contribution is 2.16. The minimum absolute atomic E-state index is 0.0997. The van der Waals surface area contributed by atoms with Gasteiger partial charge in [-0.2, -0.15) is 0 Å². The van der Waals surface area contributed by atoms with Crippen molar-refractivity contribution in [3.63, 3.8) is 0 Å². The lowest BCUT2D eigenvalue weighted by atomic mass is 10.2. The molecule has 1 N–H and O–H groups in total. The molecule has 7 heteroatoms. The minimum Gasteiger partial charge on any atom is -0.338 e. The molecule has 0 aliphatic carbocycles. The quantitative estimate of drug-likeness (QED) is 0.581. The van der Waals surface area contributed by atoms with E-state index >= 15 is 0 Å². The van der Waals surface area contributed by atoms with Gasteiger partial charge in [0.05, 0.1) is 6.26 Å². The maximum Gasteiger partial charge on any atom is 0.246 e. The summed E-state index contributed by atoms with van der Waals surface area (Å²) in [5.74, 6) is -0.0997. The van der Waals surface area contributed by atoms with Crippen LogP contribution in [0, 0.1) is 0 Å². The second-order valence-corrected chi connectivity index (χ2v) is 8.50. The predicted molar refractivity (Wildman–Crippen MR) is 109 cm³/mol. The van der Waals surface area contributed by atoms with E-state index in [2.05, 4.69) is 4.72 Å². The van der Waals surface area contributed by atoms with Gasteiger partial charge in [0, 0.05) is 30.3 Å². The summed E-state index contributed by atoms with van der Waals surface area (Å²) in [6.45, 7) is 0.537. The number of hydrogen-bond donors (Lipinski definition) is 1. The molecule has 2 aromatic carbocycles. The standard InChI is InChI=1S/C19H22N2O3S2/c1-21(14-16-6-11-18(25-2)12-7-16)19(22)13-8-15-4-9-17(10-5-15)20-26(3,23)24/h4-13,20H,14H2,1-3H3/b13-8+. The molecule has 0 bridgehead atoms. The first-order chi connectivity index (χ1) is 12.3. The van der Waals surface area contributed by atoms with E-state index in [1.54, 1.807) is 54.1 Å². The number of carbonyl (C=O) groups is 1. The van der Waals surface area contributed by atoms with Crippen LogP contribution in [0.15, 0.2) is 59.5 Å². The van der Waals surface area contributed by atoms with Gasteiger partial charge >= 0.3 is 0 Å². The molecule has 0 fully saturated rings. The maximum atomic E-state index is 12.2. The Hall–Kier alpha value is -2.25. The third kappa shape index (κ3) is 6.57. The number of benzene rings is 2. The van der Waals surface area contributed by atoms with Crippen molar-refractivity contribution in [2.24, 2.45) is 0 Å². The number of hydrogen-bond acceptors (Lipinski definition) is 4. The van der Waals surface area contributed by atoms with E-state index in [-0.39, 0.29) is 5.91 Å². The fraction of sp³-hybridized carbons (Fsp3) is 0.211. The largest absolute Gasteiger partial charge is 0.338 e. The molecule has 5 nitrogen and oxygen atoms in total. The van der Waals surface area contributed by atoms with Crippen LogP contribution in [0.4, 0.5) is 5.69 Å². The van der Waals surface area contributed by atoms with E-state index in [0.29, 0.717) is 12.2 Å². The summed E-state index contributed by atoms with van der Waals surface area (Å²) >= 11 is 1.68. The molecule has 0 saturated carbocycles. The average Bonchev–Trinajstić information content (AvgIpc) is 2.60. The Balaban J connectivity index is 1.94. The zero-order chi connectivity index (χ0) is 19.2. The van der Waals surface area contributed by atoms with E-state index in [4.69, 9.17) is 0 Å². The Morgan fingerprint density at radius 1 is 1.12 bits per heavy atom. The zero-order valence-corrected chi connectivity index (χ0v) is 16.6. The van der Waals surface area contributed by atoms with Gasteiger partial charge in [-0.1, -0.05) is 24.3 Å². The van der Waals surface area contributed by atoms with E-state index < -0.39 is 10.0 Å². The highest BCUT2D eigenvalue weighted by molar-refractivity contribution is 7.98. The van der Waals surface area contributed by atoms with Gasteiger partial charge in [-0.15, -0.1) is 11.8 Å². The summed E-state index contributed by atoms with van der Waals surface area (Å²) in [5, 5.41) is 0. The molecule has 0 aliphatic rings. The number of sulfonamides is 1. The van der Waals surface area contributed by atoms with Crippen LogP contribution in [0.3, 0.4) is 0 Å². The third-order valence-electron chi connectivity index (χ3n) is 3.59. The number of thioether (sulfide) groups is 1. The first-order valence-electron chi connectivity index (χ1n) is 7.91. The summed E-state index contributed by atoms with van der Waals surface area (Å²) in [7, 11) is -1.53. The van der Waals surface area contributed by atoms with Crippen molar-refractivity contribution in [1.29, 1.82) is 0 Å². The normalized spacial score (nSPS) is 11.5. The summed E-state index contributed by atoms with van der Waals surface area (Å²) in [6.07, 6.45) is 6.35. The van der Waals surface area contributed by atoms with Crippen molar-refractivity contribution >= 4 is 39.5 Å². The van der Waals surface area contributed by atoms with Crippen molar-refractivity contribution in [3.05, 3.63) is 65.7 Å². The van der Waals surface area contributed by atoms with Crippen molar-refractivity contribution in [3.8, 4) is 0 Å². The Kier molecular flexibility index (Phi) is 6.88. The number of amides is 1. The Morgan fingerprint density at radius 2 is 1.73 bits per heavy atom. The summed E-state index contributed by atoms with van der Waals surface area (Å²) in [5.41, 5.74) is 2.38. The van der Waals surface area contributed by atoms with Gasteiger partial charge in [-0.25, -0.2) is 8.42 Å². The van der Waals surface area contributed by atoms with Crippen LogP contribution in [0.1, 0.15) is 11.1 Å². The summed E-state index contributed by atoms with van der Waals surface area (Å²) in [4.78, 5) is 15.1. The molecule has 0 radical (unpaired) electrons. The number of rotatable bonds is 7. The third-order valence-corrected chi connectivity index (χ3v) is 4.94. The maximum absolute atomic E-state index is 12.2. The van der Waals surface area contributed by atoms with Crippen molar-refractivity contribution < 1.29 is 13.2 Å². The van der Waals surface area contributed by atoms with Crippen LogP contribution < -0.4 is 4.72 Å². The number of anilines is 1. The van der Waals surface area contributed by atoms with E-state index in [0.717, 1.165) is 17.4 Å². The fourth-order valence-electron chi connectivity index (χ4n) is 2.25. The molecule has 0 saturated heterocycles. The van der Waals surface area contributed by atoms with Crippen LogP contribution in [0.25, 0.3) is 6.08 Å². The highest BCUT2D eigenvalue weighted by atomic mass is 32.2. The predicted octanol–water partition coefficient (Wildman–Crippen LogP) is 3.45. The molecule has 138 valence electrons. The molecular weight excluding hydrogens is 368 g/mol.